The van der Waals surface area contributed by atoms with Gasteiger partial charge in [-0.05, 0) is 30.2 Å². The van der Waals surface area contributed by atoms with Gasteiger partial charge < -0.3 is 15.7 Å². The average Bonchev–Trinajstić information content (AvgIpc) is 3.17. The van der Waals surface area contributed by atoms with Crippen LogP contribution in [0, 0.1) is 0 Å². The van der Waals surface area contributed by atoms with Crippen LogP contribution in [0.2, 0.25) is 0 Å². The van der Waals surface area contributed by atoms with Crippen LogP contribution >= 0.6 is 0 Å². The molecular weight excluding hydrogens is 424 g/mol. The number of aromatic nitrogens is 1. The second kappa shape index (κ2) is 10.4. The Balaban J connectivity index is 1.93. The van der Waals surface area contributed by atoms with Crippen molar-refractivity contribution in [3.8, 4) is 5.88 Å². The molecule has 1 aromatic heterocycles. The van der Waals surface area contributed by atoms with Crippen molar-refractivity contribution in [3.05, 3.63) is 95.6 Å². The number of amides is 1. The van der Waals surface area contributed by atoms with Gasteiger partial charge in [0.2, 0.25) is 5.88 Å². The van der Waals surface area contributed by atoms with Gasteiger partial charge in [-0.3, -0.25) is 0 Å². The van der Waals surface area contributed by atoms with Crippen molar-refractivity contribution in [1.29, 1.82) is 0 Å². The van der Waals surface area contributed by atoms with Crippen LogP contribution in [0.1, 0.15) is 36.5 Å². The standard InChI is InChI=1S/C28H30N4O2/c1-3-4-18-31(2)28(34)32-24-13-9-8-12-23(24)25(27(32)33)26(21-10-6-5-7-11-21)30-22-16-14-20(19-29)15-17-22/h5-17,33H,3-4,18-19,29H2,1-2H3. The maximum absolute atomic E-state index is 13.4. The first-order valence-electron chi connectivity index (χ1n) is 11.6. The predicted molar refractivity (Wildman–Crippen MR) is 138 cm³/mol. The number of hydrogen-bond donors (Lipinski definition) is 2. The topological polar surface area (TPSA) is 83.8 Å². The normalized spacial score (nSPS) is 11.7. The van der Waals surface area contributed by atoms with Gasteiger partial charge in [0.1, 0.15) is 0 Å². The Kier molecular flexibility index (Phi) is 7.09. The zero-order valence-corrected chi connectivity index (χ0v) is 19.6. The quantitative estimate of drug-likeness (QED) is 0.353. The minimum absolute atomic E-state index is 0.115. The second-order valence-electron chi connectivity index (χ2n) is 8.31. The number of fused-ring (bicyclic) bond motifs is 1. The molecule has 0 fully saturated rings. The lowest BCUT2D eigenvalue weighted by molar-refractivity contribution is 0.208. The SMILES string of the molecule is CCCCN(C)C(=O)n1c(O)c(C(=Nc2ccc(CN)cc2)c2ccccc2)c2ccccc21. The third kappa shape index (κ3) is 4.58. The van der Waals surface area contributed by atoms with Gasteiger partial charge in [0, 0.05) is 31.1 Å². The maximum atomic E-state index is 13.4. The van der Waals surface area contributed by atoms with Gasteiger partial charge in [-0.25, -0.2) is 14.4 Å². The minimum atomic E-state index is -0.270. The monoisotopic (exact) mass is 454 g/mol. The number of nitrogens with two attached hydrogens (primary N) is 1. The maximum Gasteiger partial charge on any atom is 0.331 e. The van der Waals surface area contributed by atoms with Crippen LogP contribution in [0.25, 0.3) is 10.9 Å². The Labute approximate surface area is 200 Å². The summed E-state index contributed by atoms with van der Waals surface area (Å²) in [5, 5.41) is 12.2. The first kappa shape index (κ1) is 23.3. The molecule has 0 aliphatic heterocycles. The molecule has 6 nitrogen and oxygen atoms in total. The average molecular weight is 455 g/mol. The molecule has 0 spiro atoms. The molecule has 1 heterocycles. The highest BCUT2D eigenvalue weighted by Gasteiger charge is 2.26. The third-order valence-corrected chi connectivity index (χ3v) is 5.91. The zero-order valence-electron chi connectivity index (χ0n) is 19.6. The Bertz CT molecular complexity index is 1310. The van der Waals surface area contributed by atoms with E-state index < -0.39 is 0 Å². The first-order valence-corrected chi connectivity index (χ1v) is 11.6. The van der Waals surface area contributed by atoms with E-state index in [1.165, 1.54) is 4.57 Å². The van der Waals surface area contributed by atoms with Gasteiger partial charge in [0.25, 0.3) is 0 Å². The Morgan fingerprint density at radius 2 is 1.68 bits per heavy atom. The van der Waals surface area contributed by atoms with Crippen LogP contribution in [-0.4, -0.2) is 39.9 Å². The number of carbonyl (C=O) groups is 1. The van der Waals surface area contributed by atoms with Crippen LogP contribution in [0.5, 0.6) is 5.88 Å². The molecule has 4 rings (SSSR count). The van der Waals surface area contributed by atoms with E-state index in [4.69, 9.17) is 10.7 Å². The highest BCUT2D eigenvalue weighted by molar-refractivity contribution is 6.23. The highest BCUT2D eigenvalue weighted by atomic mass is 16.3. The van der Waals surface area contributed by atoms with E-state index in [0.717, 1.165) is 35.0 Å². The molecular formula is C28H30N4O2. The highest BCUT2D eigenvalue weighted by Crippen LogP contribution is 2.35. The van der Waals surface area contributed by atoms with Crippen molar-refractivity contribution in [2.24, 2.45) is 10.7 Å². The number of rotatable bonds is 7. The number of para-hydroxylation sites is 1. The molecule has 0 aliphatic carbocycles. The molecule has 6 heteroatoms. The number of nitrogens with zero attached hydrogens (tertiary/aromatic N) is 3. The van der Waals surface area contributed by atoms with E-state index in [-0.39, 0.29) is 11.9 Å². The third-order valence-electron chi connectivity index (χ3n) is 5.91. The van der Waals surface area contributed by atoms with Crippen LogP contribution in [0.4, 0.5) is 10.5 Å². The molecule has 0 radical (unpaired) electrons. The first-order chi connectivity index (χ1) is 16.5. The van der Waals surface area contributed by atoms with E-state index in [0.29, 0.717) is 29.9 Å². The Morgan fingerprint density at radius 3 is 2.35 bits per heavy atom. The van der Waals surface area contributed by atoms with Crippen molar-refractivity contribution < 1.29 is 9.90 Å². The largest absolute Gasteiger partial charge is 0.494 e. The molecule has 0 atom stereocenters. The molecule has 0 aliphatic rings. The van der Waals surface area contributed by atoms with Crippen LogP contribution in [0.3, 0.4) is 0 Å². The number of aliphatic imine (C=N–C) groups is 1. The smallest absolute Gasteiger partial charge is 0.331 e. The molecule has 174 valence electrons. The molecule has 3 N–H and O–H groups in total. The summed E-state index contributed by atoms with van der Waals surface area (Å²) in [6.07, 6.45) is 1.87. The lowest BCUT2D eigenvalue weighted by Crippen LogP contribution is -2.31. The summed E-state index contributed by atoms with van der Waals surface area (Å²) in [5.74, 6) is -0.115. The lowest BCUT2D eigenvalue weighted by Gasteiger charge is -2.18. The van der Waals surface area contributed by atoms with Crippen molar-refractivity contribution in [1.82, 2.24) is 9.47 Å². The van der Waals surface area contributed by atoms with E-state index in [9.17, 15) is 9.90 Å². The molecule has 0 saturated carbocycles. The summed E-state index contributed by atoms with van der Waals surface area (Å²) in [4.78, 5) is 19.9. The fourth-order valence-corrected chi connectivity index (χ4v) is 4.01. The lowest BCUT2D eigenvalue weighted by atomic mass is 10.0. The molecule has 4 aromatic rings. The van der Waals surface area contributed by atoms with E-state index in [1.807, 2.05) is 78.9 Å². The van der Waals surface area contributed by atoms with Crippen molar-refractivity contribution in [3.63, 3.8) is 0 Å². The number of unbranched alkanes of at least 4 members (excludes halogenated alkanes) is 1. The van der Waals surface area contributed by atoms with Gasteiger partial charge in [0.05, 0.1) is 22.5 Å². The van der Waals surface area contributed by atoms with Crippen LogP contribution < -0.4 is 5.73 Å². The minimum Gasteiger partial charge on any atom is -0.494 e. The van der Waals surface area contributed by atoms with Gasteiger partial charge >= 0.3 is 6.03 Å². The summed E-state index contributed by atoms with van der Waals surface area (Å²) >= 11 is 0. The summed E-state index contributed by atoms with van der Waals surface area (Å²) in [5.41, 5.74) is 10.1. The summed E-state index contributed by atoms with van der Waals surface area (Å²) in [6, 6.07) is 24.7. The van der Waals surface area contributed by atoms with Crippen LogP contribution in [0.15, 0.2) is 83.9 Å². The van der Waals surface area contributed by atoms with E-state index in [2.05, 4.69) is 6.92 Å². The Morgan fingerprint density at radius 1 is 1.00 bits per heavy atom. The van der Waals surface area contributed by atoms with Gasteiger partial charge in [0.15, 0.2) is 0 Å². The molecule has 0 saturated heterocycles. The van der Waals surface area contributed by atoms with Crippen molar-refractivity contribution in [2.75, 3.05) is 13.6 Å². The number of benzene rings is 3. The molecule has 0 bridgehead atoms. The van der Waals surface area contributed by atoms with Gasteiger partial charge in [-0.1, -0.05) is 74.0 Å². The number of carbonyl (C=O) groups excluding carboxylic acids is 1. The number of hydrogen-bond acceptors (Lipinski definition) is 4. The molecule has 0 unspecified atom stereocenters. The van der Waals surface area contributed by atoms with E-state index in [1.54, 1.807) is 11.9 Å². The zero-order chi connectivity index (χ0) is 24.1. The van der Waals surface area contributed by atoms with Gasteiger partial charge in [-0.15, -0.1) is 0 Å². The summed E-state index contributed by atoms with van der Waals surface area (Å²) in [6.45, 7) is 3.16. The van der Waals surface area contributed by atoms with Crippen LogP contribution in [-0.2, 0) is 6.54 Å². The second-order valence-corrected chi connectivity index (χ2v) is 8.31. The summed E-state index contributed by atoms with van der Waals surface area (Å²) < 4.78 is 1.39. The van der Waals surface area contributed by atoms with Gasteiger partial charge in [-0.2, -0.15) is 0 Å². The summed E-state index contributed by atoms with van der Waals surface area (Å²) in [7, 11) is 1.76. The fourth-order valence-electron chi connectivity index (χ4n) is 4.01. The molecule has 34 heavy (non-hydrogen) atoms. The number of aromatic hydroxyl groups is 1. The molecule has 1 amide bonds. The predicted octanol–water partition coefficient (Wildman–Crippen LogP) is 5.67. The van der Waals surface area contributed by atoms with Crippen molar-refractivity contribution >= 4 is 28.3 Å². The van der Waals surface area contributed by atoms with E-state index >= 15 is 0 Å². The Hall–Kier alpha value is -3.90. The molecule has 3 aromatic carbocycles. The van der Waals surface area contributed by atoms with Crippen molar-refractivity contribution in [2.45, 2.75) is 26.3 Å². The fraction of sp³-hybridized carbons (Fsp3) is 0.214.